The van der Waals surface area contributed by atoms with E-state index in [1.165, 1.54) is 42.5 Å². The van der Waals surface area contributed by atoms with E-state index >= 15 is 0 Å². The fourth-order valence-corrected chi connectivity index (χ4v) is 26.8. The lowest BCUT2D eigenvalue weighted by atomic mass is 9.41. The first-order chi connectivity index (χ1) is 27.7. The first-order valence-corrected chi connectivity index (χ1v) is 25.0. The Kier molecular flexibility index (Phi) is 4.60. The predicted octanol–water partition coefficient (Wildman–Crippen LogP) is 10.1. The summed E-state index contributed by atoms with van der Waals surface area (Å²) in [6, 6.07) is 17.6. The molecule has 1 heterocycles. The Balaban J connectivity index is 0.932. The van der Waals surface area contributed by atoms with Crippen LogP contribution in [-0.4, -0.2) is 24.8 Å². The molecule has 16 aliphatic carbocycles. The van der Waals surface area contributed by atoms with Gasteiger partial charge in [0.2, 0.25) is 0 Å². The number of rotatable bonds is 4. The van der Waals surface area contributed by atoms with Crippen molar-refractivity contribution in [2.75, 3.05) is 19.9 Å². The van der Waals surface area contributed by atoms with E-state index in [4.69, 9.17) is 4.74 Å². The summed E-state index contributed by atoms with van der Waals surface area (Å²) >= 11 is 0. The van der Waals surface area contributed by atoms with Crippen LogP contribution in [-0.2, 0) is 4.74 Å². The molecule has 1 aliphatic heterocycles. The normalized spacial score (nSPS) is 65.6. The van der Waals surface area contributed by atoms with Gasteiger partial charge in [0.1, 0.15) is 0 Å². The lowest BCUT2D eigenvalue weighted by Crippen LogP contribution is -2.59. The zero-order valence-electron chi connectivity index (χ0n) is 33.3. The molecule has 13 saturated carbocycles. The first kappa shape index (κ1) is 29.3. The maximum absolute atomic E-state index is 6.63. The zero-order valence-corrected chi connectivity index (χ0v) is 33.3. The van der Waals surface area contributed by atoms with Crippen LogP contribution in [0.3, 0.4) is 0 Å². The van der Waals surface area contributed by atoms with Gasteiger partial charge in [-0.1, -0.05) is 64.8 Å². The average molecular weight is 738 g/mol. The zero-order chi connectivity index (χ0) is 35.1. The van der Waals surface area contributed by atoms with Gasteiger partial charge in [-0.2, -0.15) is 0 Å². The van der Waals surface area contributed by atoms with Crippen molar-refractivity contribution in [3.63, 3.8) is 0 Å². The van der Waals surface area contributed by atoms with Crippen molar-refractivity contribution in [1.29, 1.82) is 0 Å². The van der Waals surface area contributed by atoms with Gasteiger partial charge in [0.05, 0.1) is 6.73 Å². The largest absolute Gasteiger partial charge is 0.366 e. The highest BCUT2D eigenvalue weighted by molar-refractivity contribution is 5.86. The molecule has 1 saturated heterocycles. The number of ether oxygens (including phenoxy) is 1. The molecule has 1 spiro atoms. The molecule has 2 heteroatoms. The molecule has 17 aliphatic rings. The Morgan fingerprint density at radius 3 is 2.09 bits per heavy atom. The van der Waals surface area contributed by atoms with E-state index in [0.717, 1.165) is 149 Å². The molecule has 28 atom stereocenters. The van der Waals surface area contributed by atoms with Crippen molar-refractivity contribution in [2.45, 2.75) is 64.3 Å². The maximum Gasteiger partial charge on any atom is 0.0995 e. The molecule has 28 unspecified atom stereocenters. The summed E-state index contributed by atoms with van der Waals surface area (Å²) in [5.74, 6) is 27.9. The first-order valence-electron chi connectivity index (χ1n) is 25.0. The highest BCUT2D eigenvalue weighted by Crippen LogP contribution is 2.93. The third kappa shape index (κ3) is 2.57. The van der Waals surface area contributed by atoms with E-state index in [-0.39, 0.29) is 0 Å². The van der Waals surface area contributed by atoms with Crippen LogP contribution in [0.4, 0.5) is 0 Å². The number of hydrogen-bond donors (Lipinski definition) is 0. The van der Waals surface area contributed by atoms with Gasteiger partial charge in [0.25, 0.3) is 0 Å². The number of benzene rings is 2. The van der Waals surface area contributed by atoms with Crippen molar-refractivity contribution < 1.29 is 4.74 Å². The highest BCUT2D eigenvalue weighted by atomic mass is 16.5. The molecule has 14 fully saturated rings. The van der Waals surface area contributed by atoms with Crippen LogP contribution >= 0.6 is 0 Å². The van der Waals surface area contributed by atoms with Crippen molar-refractivity contribution in [1.82, 2.24) is 4.90 Å². The minimum absolute atomic E-state index is 0.378. The minimum atomic E-state index is 0.378. The monoisotopic (exact) mass is 737 g/mol. The number of allylic oxidation sites excluding steroid dienone is 3. The summed E-state index contributed by atoms with van der Waals surface area (Å²) in [4.78, 5) is 3.01. The van der Waals surface area contributed by atoms with Crippen LogP contribution < -0.4 is 0 Å². The molecule has 2 nitrogen and oxygen atoms in total. The van der Waals surface area contributed by atoms with Crippen LogP contribution in [0.5, 0.6) is 0 Å². The second-order valence-electron chi connectivity index (χ2n) is 25.1. The highest BCUT2D eigenvalue weighted by Gasteiger charge is 2.88. The van der Waals surface area contributed by atoms with Crippen LogP contribution in [0, 0.1) is 159 Å². The SMILES string of the molecule is CCOCN1CC2C3=C4C5C6=C(C3)CC3CC7CC8CC9CC%10CC%11CC2(C2C4C4C5C5C(C63)C7C3C8C9C6C%10C(C4C6C35)C%112)C1c1cccc2ccccc12. The summed E-state index contributed by atoms with van der Waals surface area (Å²) in [5.41, 5.74) is 10.7. The van der Waals surface area contributed by atoms with Crippen molar-refractivity contribution in [3.05, 3.63) is 70.3 Å². The van der Waals surface area contributed by atoms with Crippen LogP contribution in [0.25, 0.3) is 10.8 Å². The number of fused-ring (bicyclic) bond motifs is 2. The van der Waals surface area contributed by atoms with Crippen LogP contribution in [0.2, 0.25) is 0 Å². The third-order valence-electron chi connectivity index (χ3n) is 25.5. The summed E-state index contributed by atoms with van der Waals surface area (Å²) < 4.78 is 6.63. The van der Waals surface area contributed by atoms with Gasteiger partial charge in [-0.05, 0) is 217 Å². The molecule has 0 bridgehead atoms. The number of nitrogens with zero attached hydrogens (tertiary/aromatic N) is 1. The van der Waals surface area contributed by atoms with Crippen molar-refractivity contribution in [2.24, 2.45) is 159 Å². The number of likely N-dealkylation sites (tertiary alicyclic amines) is 1. The summed E-state index contributed by atoms with van der Waals surface area (Å²) in [6.07, 6.45) is 12.9. The van der Waals surface area contributed by atoms with Gasteiger partial charge in [0, 0.05) is 36.4 Å². The van der Waals surface area contributed by atoms with Crippen molar-refractivity contribution >= 4 is 10.8 Å². The smallest absolute Gasteiger partial charge is 0.0995 e. The Bertz CT molecular complexity index is 2350. The molecular weight excluding hydrogens is 679 g/mol. The van der Waals surface area contributed by atoms with E-state index in [1.54, 1.807) is 49.5 Å². The van der Waals surface area contributed by atoms with E-state index in [1.807, 2.05) is 0 Å². The lowest BCUT2D eigenvalue weighted by Gasteiger charge is -2.62. The molecule has 0 radical (unpaired) electrons. The fourth-order valence-electron chi connectivity index (χ4n) is 26.8. The molecule has 56 heavy (non-hydrogen) atoms. The van der Waals surface area contributed by atoms with E-state index in [2.05, 4.69) is 76.6 Å². The number of hydrogen-bond acceptors (Lipinski definition) is 2. The summed E-state index contributed by atoms with van der Waals surface area (Å²) in [7, 11) is 0. The molecule has 19 rings (SSSR count). The van der Waals surface area contributed by atoms with Gasteiger partial charge >= 0.3 is 0 Å². The summed E-state index contributed by atoms with van der Waals surface area (Å²) in [6.45, 7) is 5.18. The lowest BCUT2D eigenvalue weighted by molar-refractivity contribution is -0.149. The fraction of sp³-hybridized carbons (Fsp3) is 0.741. The molecule has 0 N–H and O–H groups in total. The van der Waals surface area contributed by atoms with Crippen molar-refractivity contribution in [3.8, 4) is 0 Å². The molecule has 2 aromatic carbocycles. The topological polar surface area (TPSA) is 12.5 Å². The Labute approximate surface area is 333 Å². The van der Waals surface area contributed by atoms with E-state index in [0.29, 0.717) is 11.5 Å². The van der Waals surface area contributed by atoms with Gasteiger partial charge in [-0.15, -0.1) is 0 Å². The van der Waals surface area contributed by atoms with E-state index in [9.17, 15) is 0 Å². The average Bonchev–Trinajstić information content (AvgIpc) is 4.07. The quantitative estimate of drug-likeness (QED) is 0.290. The minimum Gasteiger partial charge on any atom is -0.366 e. The van der Waals surface area contributed by atoms with Gasteiger partial charge in [-0.3, -0.25) is 4.90 Å². The standard InChI is InChI=1S/C54H59NO/c1-2-56-19-55-18-31-30-16-26-14-23-12-24-11-21-10-22-13-25-15-27-17-54(31,53(55)29-9-5-7-20-6-3-4-8-28(20)29)52-38(27)43-37(25)42-33(22)32(21)40-36(24)41-34(23)35(26)44-39(30)51(52)50-48(43)46(42)45(40)47(41)49(44)50/h3-9,21-25,27,31-34,36-38,40-53H,2,10-19H2,1H3. The van der Waals surface area contributed by atoms with Gasteiger partial charge in [-0.25, -0.2) is 0 Å². The molecule has 286 valence electrons. The Hall–Kier alpha value is -1.90. The maximum atomic E-state index is 6.63. The predicted molar refractivity (Wildman–Crippen MR) is 214 cm³/mol. The second-order valence-corrected chi connectivity index (χ2v) is 25.1. The van der Waals surface area contributed by atoms with Crippen LogP contribution in [0.15, 0.2) is 64.8 Å². The Morgan fingerprint density at radius 1 is 0.625 bits per heavy atom. The third-order valence-corrected chi connectivity index (χ3v) is 25.5. The summed E-state index contributed by atoms with van der Waals surface area (Å²) in [5, 5.41) is 3.02. The van der Waals surface area contributed by atoms with Gasteiger partial charge < -0.3 is 4.74 Å². The molecular formula is C54H59NO. The molecule has 0 aromatic heterocycles. The van der Waals surface area contributed by atoms with Gasteiger partial charge in [0.15, 0.2) is 0 Å². The molecule has 2 aromatic rings. The van der Waals surface area contributed by atoms with Crippen LogP contribution in [0.1, 0.15) is 69.9 Å². The molecule has 0 amide bonds. The Morgan fingerprint density at radius 2 is 1.27 bits per heavy atom. The van der Waals surface area contributed by atoms with E-state index < -0.39 is 0 Å². The second kappa shape index (κ2) is 8.78.